The number of hydrogen-bond donors (Lipinski definition) is 3. The predicted molar refractivity (Wildman–Crippen MR) is 71.4 cm³/mol. The predicted octanol–water partition coefficient (Wildman–Crippen LogP) is 0.677. The molecule has 7 heteroatoms. The fraction of sp³-hybridized carbons (Fsp3) is 0.0833. The zero-order chi connectivity index (χ0) is 13.7. The molecule has 2 aromatic heterocycles. The summed E-state index contributed by atoms with van der Waals surface area (Å²) in [6, 6.07) is 5.18. The largest absolute Gasteiger partial charge is 0.347 e. The number of carbonyl (C=O) groups is 2. The zero-order valence-electron chi connectivity index (χ0n) is 9.92. The van der Waals surface area contributed by atoms with Crippen LogP contribution in [0.15, 0.2) is 36.0 Å². The van der Waals surface area contributed by atoms with Gasteiger partial charge in [-0.05, 0) is 29.1 Å². The molecule has 2 aromatic rings. The smallest absolute Gasteiger partial charge is 0.266 e. The van der Waals surface area contributed by atoms with Crippen molar-refractivity contribution >= 4 is 23.2 Å². The molecule has 0 aliphatic heterocycles. The molecule has 4 N–H and O–H groups in total. The maximum absolute atomic E-state index is 12.0. The SMILES string of the molecule is NNC(=O)c1ccsc1C(=O)NCc1ccncc1. The summed E-state index contributed by atoms with van der Waals surface area (Å²) in [6.07, 6.45) is 3.31. The first-order valence-corrected chi connectivity index (χ1v) is 6.36. The molecule has 2 amide bonds. The first-order chi connectivity index (χ1) is 9.22. The van der Waals surface area contributed by atoms with Gasteiger partial charge in [-0.3, -0.25) is 20.0 Å². The Kier molecular flexibility index (Phi) is 4.22. The van der Waals surface area contributed by atoms with Gasteiger partial charge in [0.1, 0.15) is 4.88 Å². The van der Waals surface area contributed by atoms with Crippen LogP contribution in [0.1, 0.15) is 25.6 Å². The van der Waals surface area contributed by atoms with Gasteiger partial charge in [0.2, 0.25) is 0 Å². The van der Waals surface area contributed by atoms with Crippen LogP contribution in [-0.2, 0) is 6.54 Å². The van der Waals surface area contributed by atoms with Crippen LogP contribution in [0.5, 0.6) is 0 Å². The number of pyridine rings is 1. The lowest BCUT2D eigenvalue weighted by molar-refractivity contribution is 0.0922. The Morgan fingerprint density at radius 3 is 2.63 bits per heavy atom. The number of hydrogen-bond acceptors (Lipinski definition) is 5. The molecule has 0 bridgehead atoms. The van der Waals surface area contributed by atoms with Gasteiger partial charge in [0.15, 0.2) is 0 Å². The Morgan fingerprint density at radius 1 is 1.21 bits per heavy atom. The third-order valence-electron chi connectivity index (χ3n) is 2.45. The van der Waals surface area contributed by atoms with Crippen molar-refractivity contribution in [3.63, 3.8) is 0 Å². The molecule has 2 rings (SSSR count). The number of nitrogen functional groups attached to an aromatic ring is 1. The summed E-state index contributed by atoms with van der Waals surface area (Å²) in [6.45, 7) is 0.378. The van der Waals surface area contributed by atoms with Gasteiger partial charge < -0.3 is 5.32 Å². The molecule has 0 atom stereocenters. The van der Waals surface area contributed by atoms with E-state index < -0.39 is 5.91 Å². The number of aromatic nitrogens is 1. The Morgan fingerprint density at radius 2 is 1.95 bits per heavy atom. The monoisotopic (exact) mass is 276 g/mol. The van der Waals surface area contributed by atoms with Crippen molar-refractivity contribution in [1.29, 1.82) is 0 Å². The number of carbonyl (C=O) groups excluding carboxylic acids is 2. The van der Waals surface area contributed by atoms with E-state index in [1.807, 2.05) is 17.6 Å². The van der Waals surface area contributed by atoms with Crippen LogP contribution in [0.2, 0.25) is 0 Å². The zero-order valence-corrected chi connectivity index (χ0v) is 10.7. The van der Waals surface area contributed by atoms with E-state index in [0.717, 1.165) is 5.56 Å². The number of thiophene rings is 1. The second kappa shape index (κ2) is 6.07. The standard InChI is InChI=1S/C12H12N4O2S/c13-16-11(17)9-3-6-19-10(9)12(18)15-7-8-1-4-14-5-2-8/h1-6H,7,13H2,(H,15,18)(H,16,17). The van der Waals surface area contributed by atoms with Crippen molar-refractivity contribution in [3.05, 3.63) is 52.0 Å². The third-order valence-corrected chi connectivity index (χ3v) is 3.36. The maximum atomic E-state index is 12.0. The van der Waals surface area contributed by atoms with Gasteiger partial charge in [0, 0.05) is 18.9 Å². The van der Waals surface area contributed by atoms with E-state index >= 15 is 0 Å². The molecule has 0 unspecified atom stereocenters. The van der Waals surface area contributed by atoms with Crippen LogP contribution in [0.25, 0.3) is 0 Å². The molecule has 2 heterocycles. The average molecular weight is 276 g/mol. The Hall–Kier alpha value is -2.25. The van der Waals surface area contributed by atoms with E-state index in [1.165, 1.54) is 11.3 Å². The lowest BCUT2D eigenvalue weighted by atomic mass is 10.2. The van der Waals surface area contributed by atoms with Crippen LogP contribution in [0.4, 0.5) is 0 Å². The molecule has 98 valence electrons. The Bertz CT molecular complexity index is 582. The van der Waals surface area contributed by atoms with E-state index in [1.54, 1.807) is 23.8 Å². The molecule has 0 aliphatic carbocycles. The number of rotatable bonds is 4. The van der Waals surface area contributed by atoms with Crippen molar-refractivity contribution < 1.29 is 9.59 Å². The highest BCUT2D eigenvalue weighted by atomic mass is 32.1. The van der Waals surface area contributed by atoms with Crippen LogP contribution in [0.3, 0.4) is 0 Å². The topological polar surface area (TPSA) is 97.1 Å². The highest BCUT2D eigenvalue weighted by molar-refractivity contribution is 7.12. The van der Waals surface area contributed by atoms with Crippen LogP contribution in [0, 0.1) is 0 Å². The quantitative estimate of drug-likeness (QED) is 0.434. The van der Waals surface area contributed by atoms with Crippen molar-refractivity contribution in [2.45, 2.75) is 6.54 Å². The van der Waals surface area contributed by atoms with Crippen molar-refractivity contribution in [3.8, 4) is 0 Å². The molecule has 0 saturated heterocycles. The van der Waals surface area contributed by atoms with Gasteiger partial charge in [-0.25, -0.2) is 5.84 Å². The normalized spacial score (nSPS) is 9.95. The fourth-order valence-electron chi connectivity index (χ4n) is 1.50. The average Bonchev–Trinajstić information content (AvgIpc) is 2.94. The summed E-state index contributed by atoms with van der Waals surface area (Å²) in [4.78, 5) is 27.7. The molecule has 0 fully saturated rings. The van der Waals surface area contributed by atoms with Crippen molar-refractivity contribution in [1.82, 2.24) is 15.7 Å². The fourth-order valence-corrected chi connectivity index (χ4v) is 2.31. The first-order valence-electron chi connectivity index (χ1n) is 5.48. The van der Waals surface area contributed by atoms with Crippen LogP contribution < -0.4 is 16.6 Å². The molecule has 0 aliphatic rings. The minimum Gasteiger partial charge on any atom is -0.347 e. The van der Waals surface area contributed by atoms with E-state index in [9.17, 15) is 9.59 Å². The molecular formula is C12H12N4O2S. The van der Waals surface area contributed by atoms with Crippen molar-refractivity contribution in [2.75, 3.05) is 0 Å². The van der Waals surface area contributed by atoms with Gasteiger partial charge in [-0.2, -0.15) is 0 Å². The van der Waals surface area contributed by atoms with Gasteiger partial charge in [-0.15, -0.1) is 11.3 Å². The molecule has 19 heavy (non-hydrogen) atoms. The van der Waals surface area contributed by atoms with Gasteiger partial charge in [0.05, 0.1) is 5.56 Å². The number of nitrogens with one attached hydrogen (secondary N) is 2. The number of nitrogens with two attached hydrogens (primary N) is 1. The molecule has 0 saturated carbocycles. The van der Waals surface area contributed by atoms with Gasteiger partial charge in [0.25, 0.3) is 11.8 Å². The maximum Gasteiger partial charge on any atom is 0.266 e. The molecule has 6 nitrogen and oxygen atoms in total. The van der Waals surface area contributed by atoms with E-state index in [4.69, 9.17) is 5.84 Å². The second-order valence-corrected chi connectivity index (χ2v) is 4.59. The van der Waals surface area contributed by atoms with Crippen molar-refractivity contribution in [2.24, 2.45) is 5.84 Å². The highest BCUT2D eigenvalue weighted by Crippen LogP contribution is 2.16. The second-order valence-electron chi connectivity index (χ2n) is 3.68. The summed E-state index contributed by atoms with van der Waals surface area (Å²) < 4.78 is 0. The number of hydrazine groups is 1. The van der Waals surface area contributed by atoms with Gasteiger partial charge >= 0.3 is 0 Å². The Balaban J connectivity index is 2.05. The Labute approximate surface area is 113 Å². The molecule has 0 radical (unpaired) electrons. The molecule has 0 aromatic carbocycles. The molecule has 0 spiro atoms. The number of nitrogens with zero attached hydrogens (tertiary/aromatic N) is 1. The summed E-state index contributed by atoms with van der Waals surface area (Å²) in [5.74, 6) is 4.29. The summed E-state index contributed by atoms with van der Waals surface area (Å²) in [5, 5.41) is 4.42. The van der Waals surface area contributed by atoms with E-state index in [-0.39, 0.29) is 11.5 Å². The van der Waals surface area contributed by atoms with Crippen LogP contribution >= 0.6 is 11.3 Å². The lowest BCUT2D eigenvalue weighted by Crippen LogP contribution is -2.32. The van der Waals surface area contributed by atoms with Gasteiger partial charge in [-0.1, -0.05) is 0 Å². The van der Waals surface area contributed by atoms with Crippen LogP contribution in [-0.4, -0.2) is 16.8 Å². The minimum absolute atomic E-state index is 0.278. The summed E-state index contributed by atoms with van der Waals surface area (Å²) in [5.41, 5.74) is 3.23. The third kappa shape index (κ3) is 3.15. The lowest BCUT2D eigenvalue weighted by Gasteiger charge is -2.05. The summed E-state index contributed by atoms with van der Waals surface area (Å²) >= 11 is 1.20. The van der Waals surface area contributed by atoms with E-state index in [0.29, 0.717) is 11.4 Å². The number of amides is 2. The molecular weight excluding hydrogens is 264 g/mol. The van der Waals surface area contributed by atoms with E-state index in [2.05, 4.69) is 10.3 Å². The summed E-state index contributed by atoms with van der Waals surface area (Å²) in [7, 11) is 0. The minimum atomic E-state index is -0.477. The highest BCUT2D eigenvalue weighted by Gasteiger charge is 2.17. The first kappa shape index (κ1) is 13.2.